The van der Waals surface area contributed by atoms with Crippen molar-refractivity contribution in [2.24, 2.45) is 0 Å². The Balaban J connectivity index is 1.46. The average molecular weight is 363 g/mol. The van der Waals surface area contributed by atoms with Crippen molar-refractivity contribution in [3.05, 3.63) is 54.4 Å². The van der Waals surface area contributed by atoms with Crippen molar-refractivity contribution in [2.45, 2.75) is 6.92 Å². The number of para-hydroxylation sites is 1. The minimum atomic E-state index is -0.128. The van der Waals surface area contributed by atoms with Crippen LogP contribution in [-0.2, 0) is 4.79 Å². The number of fused-ring (bicyclic) bond motifs is 1. The van der Waals surface area contributed by atoms with Gasteiger partial charge in [0.25, 0.3) is 5.91 Å². The molecule has 0 radical (unpaired) electrons. The van der Waals surface area contributed by atoms with Gasteiger partial charge in [0.15, 0.2) is 5.82 Å². The Hall–Kier alpha value is -3.35. The molecule has 1 fully saturated rings. The molecule has 1 aliphatic rings. The Bertz CT molecular complexity index is 956. The number of rotatable bonds is 3. The van der Waals surface area contributed by atoms with Crippen LogP contribution in [-0.4, -0.2) is 52.9 Å². The topological polar surface area (TPSA) is 81.3 Å². The van der Waals surface area contributed by atoms with Crippen LogP contribution in [0.15, 0.2) is 48.7 Å². The van der Waals surface area contributed by atoms with Gasteiger partial charge in [-0.1, -0.05) is 18.2 Å². The van der Waals surface area contributed by atoms with E-state index in [0.29, 0.717) is 37.6 Å². The summed E-state index contributed by atoms with van der Waals surface area (Å²) in [4.78, 5) is 35.8. The number of H-pyrrole nitrogens is 1. The fourth-order valence-electron chi connectivity index (χ4n) is 3.42. The lowest BCUT2D eigenvalue weighted by Gasteiger charge is -2.35. The van der Waals surface area contributed by atoms with E-state index in [2.05, 4.69) is 20.2 Å². The van der Waals surface area contributed by atoms with E-state index in [0.717, 1.165) is 16.7 Å². The zero-order chi connectivity index (χ0) is 18.8. The van der Waals surface area contributed by atoms with Crippen LogP contribution in [0.3, 0.4) is 0 Å². The Morgan fingerprint density at radius 2 is 1.85 bits per heavy atom. The molecule has 0 unspecified atom stereocenters. The first-order valence-corrected chi connectivity index (χ1v) is 8.96. The van der Waals surface area contributed by atoms with Crippen molar-refractivity contribution in [3.63, 3.8) is 0 Å². The first-order valence-electron chi connectivity index (χ1n) is 8.96. The summed E-state index contributed by atoms with van der Waals surface area (Å²) in [7, 11) is 0. The van der Waals surface area contributed by atoms with Crippen LogP contribution in [0.4, 0.5) is 11.5 Å². The van der Waals surface area contributed by atoms with Gasteiger partial charge in [0.1, 0.15) is 5.69 Å². The highest BCUT2D eigenvalue weighted by Crippen LogP contribution is 2.24. The van der Waals surface area contributed by atoms with E-state index in [4.69, 9.17) is 0 Å². The molecule has 1 aromatic carbocycles. The summed E-state index contributed by atoms with van der Waals surface area (Å²) in [5, 5.41) is 3.85. The Morgan fingerprint density at radius 3 is 2.59 bits per heavy atom. The lowest BCUT2D eigenvalue weighted by Crippen LogP contribution is -2.49. The van der Waals surface area contributed by atoms with Gasteiger partial charge in [-0.2, -0.15) is 0 Å². The van der Waals surface area contributed by atoms with E-state index < -0.39 is 0 Å². The number of nitrogens with one attached hydrogen (secondary N) is 2. The van der Waals surface area contributed by atoms with Crippen LogP contribution in [0.1, 0.15) is 17.4 Å². The quantitative estimate of drug-likeness (QED) is 0.749. The molecule has 0 saturated carbocycles. The van der Waals surface area contributed by atoms with Crippen molar-refractivity contribution < 1.29 is 9.59 Å². The number of aromatic amines is 1. The average Bonchev–Trinajstić information content (AvgIpc) is 3.12. The van der Waals surface area contributed by atoms with E-state index >= 15 is 0 Å². The van der Waals surface area contributed by atoms with Gasteiger partial charge in [0, 0.05) is 50.2 Å². The minimum absolute atomic E-state index is 0.00829. The second-order valence-corrected chi connectivity index (χ2v) is 6.61. The van der Waals surface area contributed by atoms with Crippen LogP contribution < -0.4 is 10.2 Å². The third kappa shape index (κ3) is 3.48. The molecule has 4 rings (SSSR count). The molecule has 0 bridgehead atoms. The summed E-state index contributed by atoms with van der Waals surface area (Å²) < 4.78 is 0. The summed E-state index contributed by atoms with van der Waals surface area (Å²) in [6.07, 6.45) is 1.71. The van der Waals surface area contributed by atoms with E-state index in [1.165, 1.54) is 6.92 Å². The minimum Gasteiger partial charge on any atom is -0.351 e. The molecule has 0 atom stereocenters. The normalized spacial score (nSPS) is 14.4. The number of carbonyl (C=O) groups is 2. The fourth-order valence-corrected chi connectivity index (χ4v) is 3.42. The molecular weight excluding hydrogens is 342 g/mol. The molecule has 3 heterocycles. The van der Waals surface area contributed by atoms with E-state index in [1.807, 2.05) is 41.3 Å². The first kappa shape index (κ1) is 17.1. The second kappa shape index (κ2) is 7.11. The maximum absolute atomic E-state index is 12.8. The Morgan fingerprint density at radius 1 is 1.07 bits per heavy atom. The number of aromatic nitrogens is 2. The number of hydrogen-bond acceptors (Lipinski definition) is 4. The molecule has 1 aliphatic heterocycles. The lowest BCUT2D eigenvalue weighted by molar-refractivity contribution is -0.114. The molecule has 7 heteroatoms. The summed E-state index contributed by atoms with van der Waals surface area (Å²) in [6, 6.07) is 13.4. The summed E-state index contributed by atoms with van der Waals surface area (Å²) in [5.41, 5.74) is 2.27. The first-order chi connectivity index (χ1) is 13.1. The van der Waals surface area contributed by atoms with Crippen LogP contribution in [0, 0.1) is 0 Å². The van der Waals surface area contributed by atoms with Gasteiger partial charge in [0.2, 0.25) is 5.91 Å². The molecule has 2 N–H and O–H groups in total. The van der Waals surface area contributed by atoms with E-state index in [9.17, 15) is 9.59 Å². The maximum Gasteiger partial charge on any atom is 0.270 e. The van der Waals surface area contributed by atoms with Gasteiger partial charge >= 0.3 is 0 Å². The molecule has 0 aliphatic carbocycles. The van der Waals surface area contributed by atoms with E-state index in [-0.39, 0.29) is 11.8 Å². The van der Waals surface area contributed by atoms with Gasteiger partial charge in [0.05, 0.1) is 5.69 Å². The Kier molecular flexibility index (Phi) is 4.50. The van der Waals surface area contributed by atoms with Gasteiger partial charge < -0.3 is 20.1 Å². The second-order valence-electron chi connectivity index (χ2n) is 6.61. The maximum atomic E-state index is 12.8. The van der Waals surface area contributed by atoms with E-state index in [1.54, 1.807) is 12.3 Å². The molecule has 2 aromatic heterocycles. The third-order valence-electron chi connectivity index (χ3n) is 4.72. The molecule has 27 heavy (non-hydrogen) atoms. The number of hydrogen-bond donors (Lipinski definition) is 2. The number of anilines is 2. The highest BCUT2D eigenvalue weighted by atomic mass is 16.2. The number of carbonyl (C=O) groups excluding carboxylic acids is 2. The molecule has 7 nitrogen and oxygen atoms in total. The number of nitrogens with zero attached hydrogens (tertiary/aromatic N) is 3. The fraction of sp³-hybridized carbons (Fsp3) is 0.250. The molecule has 2 amide bonds. The number of piperazine rings is 1. The third-order valence-corrected chi connectivity index (χ3v) is 4.72. The van der Waals surface area contributed by atoms with Gasteiger partial charge in [-0.15, -0.1) is 0 Å². The van der Waals surface area contributed by atoms with Crippen molar-refractivity contribution in [2.75, 3.05) is 36.4 Å². The highest BCUT2D eigenvalue weighted by Gasteiger charge is 2.25. The molecule has 0 spiro atoms. The largest absolute Gasteiger partial charge is 0.351 e. The monoisotopic (exact) mass is 363 g/mol. The molecule has 138 valence electrons. The molecule has 3 aromatic rings. The zero-order valence-electron chi connectivity index (χ0n) is 15.1. The number of pyridine rings is 1. The predicted molar refractivity (Wildman–Crippen MR) is 105 cm³/mol. The molecule has 1 saturated heterocycles. The van der Waals surface area contributed by atoms with Crippen molar-refractivity contribution in [1.82, 2.24) is 14.9 Å². The van der Waals surface area contributed by atoms with Crippen LogP contribution >= 0.6 is 0 Å². The Labute approximate surface area is 157 Å². The van der Waals surface area contributed by atoms with Crippen LogP contribution in [0.25, 0.3) is 10.9 Å². The van der Waals surface area contributed by atoms with Gasteiger partial charge in [-0.25, -0.2) is 4.98 Å². The lowest BCUT2D eigenvalue weighted by atomic mass is 10.2. The molecular formula is C20H21N5O2. The zero-order valence-corrected chi connectivity index (χ0v) is 15.1. The van der Waals surface area contributed by atoms with Gasteiger partial charge in [-0.05, 0) is 24.3 Å². The van der Waals surface area contributed by atoms with Crippen molar-refractivity contribution >= 4 is 34.2 Å². The number of amides is 2. The summed E-state index contributed by atoms with van der Waals surface area (Å²) >= 11 is 0. The summed E-state index contributed by atoms with van der Waals surface area (Å²) in [5.74, 6) is 0.622. The van der Waals surface area contributed by atoms with Crippen molar-refractivity contribution in [3.8, 4) is 0 Å². The van der Waals surface area contributed by atoms with Crippen LogP contribution in [0.5, 0.6) is 0 Å². The predicted octanol–water partition coefficient (Wildman–Crippen LogP) is 2.48. The highest BCUT2D eigenvalue weighted by molar-refractivity contribution is 5.98. The summed E-state index contributed by atoms with van der Waals surface area (Å²) in [6.45, 7) is 4.01. The van der Waals surface area contributed by atoms with Crippen molar-refractivity contribution in [1.29, 1.82) is 0 Å². The number of benzene rings is 1. The van der Waals surface area contributed by atoms with Crippen LogP contribution in [0.2, 0.25) is 0 Å². The van der Waals surface area contributed by atoms with Gasteiger partial charge in [-0.3, -0.25) is 9.59 Å². The smallest absolute Gasteiger partial charge is 0.270 e. The standard InChI is InChI=1S/C20H21N5O2/c1-14(26)22-17-7-4-8-21-19(17)24-9-11-25(12-10-24)20(27)18-13-15-5-2-3-6-16(15)23-18/h2-8,13,23H,9-12H2,1H3,(H,22,26). The SMILES string of the molecule is CC(=O)Nc1cccnc1N1CCN(C(=O)c2cc3ccccc3[nH]2)CC1.